The van der Waals surface area contributed by atoms with Crippen LogP contribution in [0.25, 0.3) is 44.5 Å². The lowest BCUT2D eigenvalue weighted by molar-refractivity contribution is -0.143. The molecule has 0 atom stereocenters. The molecule has 292 valence electrons. The molecule has 5 rings (SSSR count). The fourth-order valence-corrected chi connectivity index (χ4v) is 5.48. The van der Waals surface area contributed by atoms with E-state index in [1.807, 2.05) is 15.9 Å². The lowest BCUT2D eigenvalue weighted by atomic mass is 9.91. The largest absolute Gasteiger partial charge is 0.422 e. The number of halogens is 24. The molecule has 0 radical (unpaired) electrons. The Labute approximate surface area is 294 Å². The highest BCUT2D eigenvalue weighted by Crippen LogP contribution is 2.48. The van der Waals surface area contributed by atoms with E-state index in [0.717, 1.165) is 0 Å². The highest BCUT2D eigenvalue weighted by molar-refractivity contribution is 9.10. The lowest BCUT2D eigenvalue weighted by Crippen LogP contribution is -2.17. The lowest BCUT2D eigenvalue weighted by Gasteiger charge is -2.19. The van der Waals surface area contributed by atoms with Crippen molar-refractivity contribution in [3.05, 3.63) is 126 Å². The van der Waals surface area contributed by atoms with Gasteiger partial charge in [-0.3, -0.25) is 0 Å². The number of hydrogen-bond acceptors (Lipinski definition) is 0. The van der Waals surface area contributed by atoms with E-state index < -0.39 is 177 Å². The van der Waals surface area contributed by atoms with Gasteiger partial charge in [0.05, 0.1) is 49.0 Å². The molecule has 55 heavy (non-hydrogen) atoms. The van der Waals surface area contributed by atoms with Gasteiger partial charge in [-0.25, -0.2) is 87.8 Å². The van der Waals surface area contributed by atoms with Crippen LogP contribution in [0.1, 0.15) is 5.56 Å². The first-order chi connectivity index (χ1) is 25.2. The summed E-state index contributed by atoms with van der Waals surface area (Å²) < 4.78 is 333. The molecule has 0 amide bonds. The highest BCUT2D eigenvalue weighted by atomic mass is 79.9. The summed E-state index contributed by atoms with van der Waals surface area (Å²) in [7, 11) is 0. The van der Waals surface area contributed by atoms with Crippen molar-refractivity contribution < 1.29 is 101 Å². The van der Waals surface area contributed by atoms with Crippen molar-refractivity contribution in [1.29, 1.82) is 0 Å². The molecule has 0 N–H and O–H groups in total. The minimum absolute atomic E-state index is 1.66. The second-order valence-corrected chi connectivity index (χ2v) is 11.3. The van der Waals surface area contributed by atoms with E-state index in [-0.39, 0.29) is 0 Å². The van der Waals surface area contributed by atoms with Gasteiger partial charge < -0.3 is 0 Å². The third-order valence-corrected chi connectivity index (χ3v) is 8.24. The van der Waals surface area contributed by atoms with E-state index in [1.165, 1.54) is 0 Å². The van der Waals surface area contributed by atoms with Gasteiger partial charge in [0.25, 0.3) is 0 Å². The number of rotatable bonds is 4. The predicted molar refractivity (Wildman–Crippen MR) is 140 cm³/mol. The Bertz CT molecular complexity index is 2390. The standard InChI is InChI=1S/C31BrF23/c32-10-29(51)25(47)8(26(48)30(10)52)6-21(43)17(39)4(18(40)22(6)44)2-13(35)11(33)1(12(34)14(2)36)3-15(37)19(41)5(20(42)16(3)38)7-23(45)27(49)9(31(53,54)55)28(50)24(7)46. The van der Waals surface area contributed by atoms with E-state index >= 15 is 52.7 Å². The molecular weight excluding hydrogens is 889 g/mol. The van der Waals surface area contributed by atoms with E-state index in [2.05, 4.69) is 0 Å². The quantitative estimate of drug-likeness (QED) is 0.0958. The maximum Gasteiger partial charge on any atom is 0.422 e. The highest BCUT2D eigenvalue weighted by Gasteiger charge is 2.45. The summed E-state index contributed by atoms with van der Waals surface area (Å²) in [5, 5.41) is 0. The van der Waals surface area contributed by atoms with Crippen LogP contribution in [0.4, 0.5) is 101 Å². The molecule has 0 heterocycles. The molecule has 5 aromatic rings. The zero-order valence-corrected chi connectivity index (χ0v) is 26.2. The van der Waals surface area contributed by atoms with Crippen LogP contribution in [0, 0.1) is 116 Å². The summed E-state index contributed by atoms with van der Waals surface area (Å²) in [5.41, 5.74) is -26.3. The molecule has 0 aliphatic heterocycles. The van der Waals surface area contributed by atoms with Gasteiger partial charge in [-0.05, 0) is 15.9 Å². The van der Waals surface area contributed by atoms with Gasteiger partial charge in [-0.15, -0.1) is 0 Å². The molecule has 5 aromatic carbocycles. The third-order valence-electron chi connectivity index (χ3n) is 7.55. The monoisotopic (exact) mass is 888 g/mol. The fourth-order valence-electron chi connectivity index (χ4n) is 5.14. The Morgan fingerprint density at radius 2 is 0.345 bits per heavy atom. The van der Waals surface area contributed by atoms with E-state index in [1.54, 1.807) is 0 Å². The number of hydrogen-bond donors (Lipinski definition) is 0. The molecule has 24 heteroatoms. The molecule has 0 bridgehead atoms. The maximum absolute atomic E-state index is 15.2. The van der Waals surface area contributed by atoms with Crippen LogP contribution >= 0.6 is 15.9 Å². The fraction of sp³-hybridized carbons (Fsp3) is 0.0323. The smallest absolute Gasteiger partial charge is 0.203 e. The summed E-state index contributed by atoms with van der Waals surface area (Å²) in [6.07, 6.45) is -6.26. The van der Waals surface area contributed by atoms with Crippen molar-refractivity contribution in [1.82, 2.24) is 0 Å². The average Bonchev–Trinajstić information content (AvgIpc) is 3.11. The summed E-state index contributed by atoms with van der Waals surface area (Å²) in [6.45, 7) is 0. The molecular formula is C31BrF23. The summed E-state index contributed by atoms with van der Waals surface area (Å²) in [5.74, 6) is -64.0. The van der Waals surface area contributed by atoms with E-state index in [9.17, 15) is 48.3 Å². The van der Waals surface area contributed by atoms with Crippen LogP contribution in [-0.2, 0) is 6.18 Å². The van der Waals surface area contributed by atoms with Crippen LogP contribution in [0.3, 0.4) is 0 Å². The predicted octanol–water partition coefficient (Wildman–Crippen LogP) is 12.9. The van der Waals surface area contributed by atoms with E-state index in [0.29, 0.717) is 0 Å². The minimum Gasteiger partial charge on any atom is -0.203 e. The topological polar surface area (TPSA) is 0 Å². The molecule has 0 aromatic heterocycles. The number of benzene rings is 5. The first-order valence-corrected chi connectivity index (χ1v) is 14.1. The zero-order valence-electron chi connectivity index (χ0n) is 24.6. The Kier molecular flexibility index (Phi) is 10.2. The maximum atomic E-state index is 15.2. The second kappa shape index (κ2) is 13.6. The molecule has 0 spiro atoms. The van der Waals surface area contributed by atoms with Gasteiger partial charge in [-0.2, -0.15) is 13.2 Å². The van der Waals surface area contributed by atoms with Crippen LogP contribution < -0.4 is 0 Å². The molecule has 0 saturated heterocycles. The van der Waals surface area contributed by atoms with Crippen molar-refractivity contribution in [2.75, 3.05) is 0 Å². The SMILES string of the molecule is Fc1c(F)c(-c2c(F)c(F)c(-c3c(F)c(F)c(-c4c(F)c(F)c(-c5c(F)c(F)c(C(F)(F)F)c(F)c5F)c(F)c4F)c(F)c3F)c(F)c2F)c(F)c(F)c1Br. The second-order valence-electron chi connectivity index (χ2n) is 10.5. The minimum atomic E-state index is -6.26. The van der Waals surface area contributed by atoms with Crippen LogP contribution in [-0.4, -0.2) is 0 Å². The molecule has 0 unspecified atom stereocenters. The van der Waals surface area contributed by atoms with Gasteiger partial charge in [0.1, 0.15) is 5.56 Å². The molecule has 0 aliphatic rings. The number of alkyl halides is 3. The van der Waals surface area contributed by atoms with Gasteiger partial charge in [0.2, 0.25) is 0 Å². The van der Waals surface area contributed by atoms with E-state index in [4.69, 9.17) is 0 Å². The third kappa shape index (κ3) is 5.76. The van der Waals surface area contributed by atoms with Gasteiger partial charge in [-0.1, -0.05) is 0 Å². The van der Waals surface area contributed by atoms with Gasteiger partial charge in [0, 0.05) is 0 Å². The molecule has 0 nitrogen and oxygen atoms in total. The van der Waals surface area contributed by atoms with Crippen molar-refractivity contribution in [2.24, 2.45) is 0 Å². The Morgan fingerprint density at radius 1 is 0.218 bits per heavy atom. The Hall–Kier alpha value is -5.03. The van der Waals surface area contributed by atoms with Crippen molar-refractivity contribution in [3.8, 4) is 44.5 Å². The van der Waals surface area contributed by atoms with Crippen molar-refractivity contribution >= 4 is 15.9 Å². The van der Waals surface area contributed by atoms with Crippen LogP contribution in [0.5, 0.6) is 0 Å². The van der Waals surface area contributed by atoms with Gasteiger partial charge >= 0.3 is 6.18 Å². The average molecular weight is 889 g/mol. The Morgan fingerprint density at radius 3 is 0.491 bits per heavy atom. The summed E-state index contributed by atoms with van der Waals surface area (Å²) in [4.78, 5) is 0. The van der Waals surface area contributed by atoms with Crippen LogP contribution in [0.15, 0.2) is 4.47 Å². The summed E-state index contributed by atoms with van der Waals surface area (Å²) in [6, 6.07) is 0. The molecule has 0 aliphatic carbocycles. The first kappa shape index (κ1) is 41.1. The zero-order chi connectivity index (χ0) is 41.8. The normalized spacial score (nSPS) is 12.0. The molecule has 0 saturated carbocycles. The summed E-state index contributed by atoms with van der Waals surface area (Å²) >= 11 is 2.00. The van der Waals surface area contributed by atoms with Crippen molar-refractivity contribution in [2.45, 2.75) is 6.18 Å². The first-order valence-electron chi connectivity index (χ1n) is 13.3. The Balaban J connectivity index is 1.81. The molecule has 0 fully saturated rings. The van der Waals surface area contributed by atoms with Gasteiger partial charge in [0.15, 0.2) is 116 Å². The van der Waals surface area contributed by atoms with Crippen molar-refractivity contribution in [3.63, 3.8) is 0 Å². The van der Waals surface area contributed by atoms with Crippen LogP contribution in [0.2, 0.25) is 0 Å².